The molecule has 0 bridgehead atoms. The fourth-order valence-electron chi connectivity index (χ4n) is 1.93. The number of unbranched alkanes of at least 4 members (excludes halogenated alkanes) is 4. The fraction of sp³-hybridized carbons (Fsp3) is 0.895. The van der Waals surface area contributed by atoms with Crippen molar-refractivity contribution < 1.29 is 18.9 Å². The van der Waals surface area contributed by atoms with Crippen LogP contribution >= 0.6 is 0 Å². The molecule has 0 aromatic heterocycles. The molecule has 0 rings (SSSR count). The second-order valence-corrected chi connectivity index (χ2v) is 5.73. The molecule has 0 aliphatic heterocycles. The summed E-state index contributed by atoms with van der Waals surface area (Å²) in [4.78, 5) is 0. The van der Waals surface area contributed by atoms with Gasteiger partial charge in [-0.2, -0.15) is 0 Å². The van der Waals surface area contributed by atoms with Crippen molar-refractivity contribution in [1.82, 2.24) is 0 Å². The average molecular weight is 331 g/mol. The van der Waals surface area contributed by atoms with E-state index in [4.69, 9.17) is 18.9 Å². The van der Waals surface area contributed by atoms with Crippen molar-refractivity contribution in [2.45, 2.75) is 84.8 Å². The molecule has 0 saturated carbocycles. The topological polar surface area (TPSA) is 36.9 Å². The van der Waals surface area contributed by atoms with E-state index in [0.29, 0.717) is 6.79 Å². The van der Waals surface area contributed by atoms with Gasteiger partial charge in [0.25, 0.3) is 0 Å². The highest BCUT2D eigenvalue weighted by Crippen LogP contribution is 2.10. The third kappa shape index (κ3) is 17.6. The van der Waals surface area contributed by atoms with Gasteiger partial charge < -0.3 is 18.9 Å². The molecule has 0 aromatic carbocycles. The lowest BCUT2D eigenvalue weighted by atomic mass is 10.2. The van der Waals surface area contributed by atoms with Gasteiger partial charge in [0.15, 0.2) is 13.1 Å². The number of hydrogen-bond donors (Lipinski definition) is 0. The lowest BCUT2D eigenvalue weighted by Gasteiger charge is -2.18. The number of allylic oxidation sites excluding steroid dienone is 1. The summed E-state index contributed by atoms with van der Waals surface area (Å²) in [5.74, 6) is 0. The van der Waals surface area contributed by atoms with Crippen molar-refractivity contribution in [3.8, 4) is 0 Å². The first-order valence-electron chi connectivity index (χ1n) is 9.42. The van der Waals surface area contributed by atoms with Gasteiger partial charge in [-0.15, -0.1) is 0 Å². The molecule has 0 aliphatic carbocycles. The van der Waals surface area contributed by atoms with Gasteiger partial charge in [0.05, 0.1) is 12.9 Å². The van der Waals surface area contributed by atoms with Crippen molar-refractivity contribution in [3.05, 3.63) is 12.3 Å². The molecule has 4 heteroatoms. The maximum Gasteiger partial charge on any atom is 0.188 e. The van der Waals surface area contributed by atoms with E-state index in [-0.39, 0.29) is 6.29 Å². The summed E-state index contributed by atoms with van der Waals surface area (Å²) in [6.07, 6.45) is 13.5. The maximum absolute atomic E-state index is 5.83. The van der Waals surface area contributed by atoms with Gasteiger partial charge in [0, 0.05) is 13.2 Å². The van der Waals surface area contributed by atoms with Crippen molar-refractivity contribution in [1.29, 1.82) is 0 Å². The van der Waals surface area contributed by atoms with Gasteiger partial charge >= 0.3 is 0 Å². The van der Waals surface area contributed by atoms with Gasteiger partial charge in [0.2, 0.25) is 0 Å². The summed E-state index contributed by atoms with van der Waals surface area (Å²) < 4.78 is 22.1. The largest absolute Gasteiger partial charge is 0.475 e. The Morgan fingerprint density at radius 1 is 0.783 bits per heavy atom. The smallest absolute Gasteiger partial charge is 0.188 e. The summed E-state index contributed by atoms with van der Waals surface area (Å²) in [5, 5.41) is 0. The number of ether oxygens (including phenoxy) is 4. The zero-order valence-corrected chi connectivity index (χ0v) is 15.6. The van der Waals surface area contributed by atoms with Crippen LogP contribution in [0.1, 0.15) is 78.6 Å². The molecule has 0 atom stereocenters. The van der Waals surface area contributed by atoms with Gasteiger partial charge in [-0.25, -0.2) is 0 Å². The van der Waals surface area contributed by atoms with Crippen LogP contribution in [0, 0.1) is 0 Å². The van der Waals surface area contributed by atoms with E-state index in [9.17, 15) is 0 Å². The summed E-state index contributed by atoms with van der Waals surface area (Å²) in [6, 6.07) is 0. The maximum atomic E-state index is 5.83. The van der Waals surface area contributed by atoms with Gasteiger partial charge in [-0.3, -0.25) is 0 Å². The molecule has 0 aliphatic rings. The summed E-state index contributed by atoms with van der Waals surface area (Å²) in [5.41, 5.74) is 0. The Kier molecular flexibility index (Phi) is 19.0. The zero-order valence-electron chi connectivity index (χ0n) is 15.6. The van der Waals surface area contributed by atoms with Crippen LogP contribution in [0.2, 0.25) is 0 Å². The van der Waals surface area contributed by atoms with Crippen LogP contribution in [0.25, 0.3) is 0 Å². The minimum atomic E-state index is -0.0317. The predicted octanol–water partition coefficient (Wildman–Crippen LogP) is 5.42. The highest BCUT2D eigenvalue weighted by molar-refractivity contribution is 4.72. The van der Waals surface area contributed by atoms with Crippen LogP contribution in [-0.4, -0.2) is 32.9 Å². The Balaban J connectivity index is 3.60. The van der Waals surface area contributed by atoms with E-state index >= 15 is 0 Å². The Labute approximate surface area is 143 Å². The average Bonchev–Trinajstić information content (AvgIpc) is 2.56. The fourth-order valence-corrected chi connectivity index (χ4v) is 1.93. The second-order valence-electron chi connectivity index (χ2n) is 5.73. The summed E-state index contributed by atoms with van der Waals surface area (Å²) in [6.45, 7) is 9.16. The van der Waals surface area contributed by atoms with Crippen LogP contribution in [0.3, 0.4) is 0 Å². The SMILES string of the molecule is CCCCOC(CCCCC=COCOCCC)OCCCC. The van der Waals surface area contributed by atoms with E-state index in [2.05, 4.69) is 26.8 Å². The van der Waals surface area contributed by atoms with Gasteiger partial charge in [-0.1, -0.05) is 33.6 Å². The molecule has 0 heterocycles. The Morgan fingerprint density at radius 2 is 1.48 bits per heavy atom. The van der Waals surface area contributed by atoms with Crippen LogP contribution in [0.4, 0.5) is 0 Å². The van der Waals surface area contributed by atoms with E-state index in [1.54, 1.807) is 6.26 Å². The molecule has 0 N–H and O–H groups in total. The molecule has 4 nitrogen and oxygen atoms in total. The highest BCUT2D eigenvalue weighted by atomic mass is 16.7. The first kappa shape index (κ1) is 22.4. The quantitative estimate of drug-likeness (QED) is 0.191. The van der Waals surface area contributed by atoms with Crippen molar-refractivity contribution >= 4 is 0 Å². The first-order chi connectivity index (χ1) is 11.3. The molecule has 0 radical (unpaired) electrons. The monoisotopic (exact) mass is 330 g/mol. The molecule has 0 fully saturated rings. The van der Waals surface area contributed by atoms with Crippen LogP contribution < -0.4 is 0 Å². The van der Waals surface area contributed by atoms with Crippen molar-refractivity contribution in [2.24, 2.45) is 0 Å². The standard InChI is InChI=1S/C19H38O4/c1-4-7-16-22-19(23-17-8-5-2)13-11-9-10-12-15-21-18-20-14-6-3/h12,15,19H,4-11,13-14,16-18H2,1-3H3. The molecule has 0 saturated heterocycles. The minimum absolute atomic E-state index is 0.0317. The van der Waals surface area contributed by atoms with E-state index in [0.717, 1.165) is 77.6 Å². The Bertz CT molecular complexity index is 234. The van der Waals surface area contributed by atoms with Crippen LogP contribution in [-0.2, 0) is 18.9 Å². The third-order valence-corrected chi connectivity index (χ3v) is 3.36. The molecular weight excluding hydrogens is 292 g/mol. The number of rotatable bonds is 18. The lowest BCUT2D eigenvalue weighted by Crippen LogP contribution is -2.18. The van der Waals surface area contributed by atoms with Crippen LogP contribution in [0.5, 0.6) is 0 Å². The Morgan fingerprint density at radius 3 is 2.09 bits per heavy atom. The van der Waals surface area contributed by atoms with E-state index < -0.39 is 0 Å². The molecular formula is C19H38O4. The normalized spacial score (nSPS) is 11.7. The highest BCUT2D eigenvalue weighted by Gasteiger charge is 2.08. The second kappa shape index (κ2) is 19.5. The first-order valence-corrected chi connectivity index (χ1v) is 9.42. The van der Waals surface area contributed by atoms with Crippen molar-refractivity contribution in [3.63, 3.8) is 0 Å². The van der Waals surface area contributed by atoms with E-state index in [1.165, 1.54) is 0 Å². The van der Waals surface area contributed by atoms with Crippen LogP contribution in [0.15, 0.2) is 12.3 Å². The van der Waals surface area contributed by atoms with Crippen molar-refractivity contribution in [2.75, 3.05) is 26.6 Å². The summed E-state index contributed by atoms with van der Waals surface area (Å²) in [7, 11) is 0. The van der Waals surface area contributed by atoms with Gasteiger partial charge in [-0.05, 0) is 51.0 Å². The molecule has 0 spiro atoms. The van der Waals surface area contributed by atoms with E-state index in [1.807, 2.05) is 0 Å². The molecule has 138 valence electrons. The predicted molar refractivity (Wildman–Crippen MR) is 95.3 cm³/mol. The zero-order chi connectivity index (χ0) is 17.0. The minimum Gasteiger partial charge on any atom is -0.475 e. The lowest BCUT2D eigenvalue weighted by molar-refractivity contribution is -0.147. The molecule has 0 aromatic rings. The van der Waals surface area contributed by atoms with Gasteiger partial charge in [0.1, 0.15) is 0 Å². The number of hydrogen-bond acceptors (Lipinski definition) is 4. The summed E-state index contributed by atoms with van der Waals surface area (Å²) >= 11 is 0. The third-order valence-electron chi connectivity index (χ3n) is 3.36. The molecule has 0 unspecified atom stereocenters. The Hall–Kier alpha value is -0.580. The molecule has 0 amide bonds. The molecule has 23 heavy (non-hydrogen) atoms.